The molecule has 1 amide bonds. The number of carboxylic acids is 1. The second-order valence-electron chi connectivity index (χ2n) is 3.87. The van der Waals surface area contributed by atoms with Gasteiger partial charge in [0.15, 0.2) is 12.1 Å². The SMILES string of the molecule is CC(Oc1cccc(Cl)c1Cl)C(=O)NC(CF)C(=O)O. The van der Waals surface area contributed by atoms with Crippen molar-refractivity contribution in [1.82, 2.24) is 5.32 Å². The molecule has 2 unspecified atom stereocenters. The van der Waals surface area contributed by atoms with Gasteiger partial charge in [-0.2, -0.15) is 0 Å². The van der Waals surface area contributed by atoms with Gasteiger partial charge >= 0.3 is 5.97 Å². The number of hydrogen-bond donors (Lipinski definition) is 2. The minimum Gasteiger partial charge on any atom is -0.480 e. The lowest BCUT2D eigenvalue weighted by atomic mass is 10.3. The van der Waals surface area contributed by atoms with Crippen molar-refractivity contribution >= 4 is 35.1 Å². The van der Waals surface area contributed by atoms with E-state index in [1.54, 1.807) is 12.1 Å². The highest BCUT2D eigenvalue weighted by Crippen LogP contribution is 2.32. The molecule has 110 valence electrons. The molecule has 0 radical (unpaired) electrons. The zero-order valence-corrected chi connectivity index (χ0v) is 11.9. The normalized spacial score (nSPS) is 13.4. The predicted molar refractivity (Wildman–Crippen MR) is 72.1 cm³/mol. The molecule has 0 aromatic heterocycles. The maximum atomic E-state index is 12.4. The molecule has 0 fully saturated rings. The van der Waals surface area contributed by atoms with Crippen LogP contribution in [0.5, 0.6) is 5.75 Å². The quantitative estimate of drug-likeness (QED) is 0.842. The van der Waals surface area contributed by atoms with Gasteiger partial charge in [0.2, 0.25) is 0 Å². The van der Waals surface area contributed by atoms with Gasteiger partial charge in [-0.3, -0.25) is 4.79 Å². The number of hydrogen-bond acceptors (Lipinski definition) is 3. The molecular formula is C12H12Cl2FNO4. The van der Waals surface area contributed by atoms with E-state index in [0.717, 1.165) is 0 Å². The Kier molecular flexibility index (Phi) is 6.04. The molecule has 2 atom stereocenters. The van der Waals surface area contributed by atoms with Crippen LogP contribution in [0.2, 0.25) is 10.0 Å². The molecule has 5 nitrogen and oxygen atoms in total. The highest BCUT2D eigenvalue weighted by Gasteiger charge is 2.24. The Balaban J connectivity index is 2.71. The Morgan fingerprint density at radius 2 is 2.10 bits per heavy atom. The van der Waals surface area contributed by atoms with E-state index in [1.807, 2.05) is 5.32 Å². The molecule has 0 aliphatic rings. The largest absolute Gasteiger partial charge is 0.480 e. The summed E-state index contributed by atoms with van der Waals surface area (Å²) in [4.78, 5) is 22.3. The Bertz CT molecular complexity index is 512. The van der Waals surface area contributed by atoms with E-state index in [-0.39, 0.29) is 15.8 Å². The van der Waals surface area contributed by atoms with E-state index < -0.39 is 30.7 Å². The lowest BCUT2D eigenvalue weighted by Crippen LogP contribution is -2.47. The highest BCUT2D eigenvalue weighted by molar-refractivity contribution is 6.42. The monoisotopic (exact) mass is 323 g/mol. The molecule has 0 aliphatic carbocycles. The van der Waals surface area contributed by atoms with Crippen LogP contribution >= 0.6 is 23.2 Å². The molecule has 0 saturated heterocycles. The van der Waals surface area contributed by atoms with Crippen molar-refractivity contribution in [2.45, 2.75) is 19.1 Å². The van der Waals surface area contributed by atoms with E-state index in [1.165, 1.54) is 13.0 Å². The molecule has 1 rings (SSSR count). The molecule has 1 aromatic carbocycles. The smallest absolute Gasteiger partial charge is 0.328 e. The lowest BCUT2D eigenvalue weighted by molar-refractivity contribution is -0.143. The molecule has 8 heteroatoms. The third kappa shape index (κ3) is 4.25. The van der Waals surface area contributed by atoms with Gasteiger partial charge in [-0.1, -0.05) is 29.3 Å². The van der Waals surface area contributed by atoms with Crippen LogP contribution in [0.4, 0.5) is 4.39 Å². The summed E-state index contributed by atoms with van der Waals surface area (Å²) < 4.78 is 17.7. The predicted octanol–water partition coefficient (Wildman–Crippen LogP) is 2.30. The zero-order valence-electron chi connectivity index (χ0n) is 10.4. The number of amides is 1. The lowest BCUT2D eigenvalue weighted by Gasteiger charge is -2.18. The first-order valence-corrected chi connectivity index (χ1v) is 6.32. The van der Waals surface area contributed by atoms with Crippen LogP contribution in [0.1, 0.15) is 6.92 Å². The number of ether oxygens (including phenoxy) is 1. The van der Waals surface area contributed by atoms with Gasteiger partial charge in [-0.15, -0.1) is 0 Å². The van der Waals surface area contributed by atoms with Crippen LogP contribution in [0, 0.1) is 0 Å². The fourth-order valence-electron chi connectivity index (χ4n) is 1.27. The van der Waals surface area contributed by atoms with Gasteiger partial charge in [0.1, 0.15) is 17.4 Å². The summed E-state index contributed by atoms with van der Waals surface area (Å²) in [6.07, 6.45) is -1.06. The fraction of sp³-hybridized carbons (Fsp3) is 0.333. The number of aliphatic carboxylic acids is 1. The van der Waals surface area contributed by atoms with E-state index in [9.17, 15) is 14.0 Å². The summed E-state index contributed by atoms with van der Waals surface area (Å²) in [7, 11) is 0. The minimum absolute atomic E-state index is 0.133. The first-order chi connectivity index (χ1) is 9.36. The highest BCUT2D eigenvalue weighted by atomic mass is 35.5. The van der Waals surface area contributed by atoms with Crippen molar-refractivity contribution in [2.24, 2.45) is 0 Å². The van der Waals surface area contributed by atoms with Gasteiger partial charge in [0.25, 0.3) is 5.91 Å². The van der Waals surface area contributed by atoms with Crippen molar-refractivity contribution < 1.29 is 23.8 Å². The van der Waals surface area contributed by atoms with Gasteiger partial charge in [0, 0.05) is 0 Å². The number of carboxylic acid groups (broad SMARTS) is 1. The molecule has 2 N–H and O–H groups in total. The average Bonchev–Trinajstić information content (AvgIpc) is 2.40. The standard InChI is InChI=1S/C12H12Cl2FNO4/c1-6(11(17)16-8(5-15)12(18)19)20-9-4-2-3-7(13)10(9)14/h2-4,6,8H,5H2,1H3,(H,16,17)(H,18,19). The summed E-state index contributed by atoms with van der Waals surface area (Å²) in [5, 5.41) is 11.0. The topological polar surface area (TPSA) is 75.6 Å². The van der Waals surface area contributed by atoms with E-state index in [2.05, 4.69) is 0 Å². The van der Waals surface area contributed by atoms with Gasteiger partial charge in [-0.05, 0) is 19.1 Å². The molecular weight excluding hydrogens is 312 g/mol. The first-order valence-electron chi connectivity index (χ1n) is 5.56. The van der Waals surface area contributed by atoms with Gasteiger partial charge in [0.05, 0.1) is 5.02 Å². The summed E-state index contributed by atoms with van der Waals surface area (Å²) in [5.41, 5.74) is 0. The molecule has 20 heavy (non-hydrogen) atoms. The summed E-state index contributed by atoms with van der Waals surface area (Å²) in [5.74, 6) is -2.06. The van der Waals surface area contributed by atoms with E-state index >= 15 is 0 Å². The Morgan fingerprint density at radius 1 is 1.45 bits per heavy atom. The molecule has 0 heterocycles. The van der Waals surface area contributed by atoms with E-state index in [0.29, 0.717) is 0 Å². The van der Waals surface area contributed by atoms with Crippen molar-refractivity contribution in [3.63, 3.8) is 0 Å². The van der Waals surface area contributed by atoms with Crippen LogP contribution in [-0.2, 0) is 9.59 Å². The zero-order chi connectivity index (χ0) is 15.3. The number of carbonyl (C=O) groups excluding carboxylic acids is 1. The molecule has 0 aliphatic heterocycles. The van der Waals surface area contributed by atoms with Crippen molar-refractivity contribution in [3.05, 3.63) is 28.2 Å². The molecule has 0 bridgehead atoms. The number of nitrogens with one attached hydrogen (secondary N) is 1. The van der Waals surface area contributed by atoms with Gasteiger partial charge < -0.3 is 15.2 Å². The van der Waals surface area contributed by atoms with Gasteiger partial charge in [-0.25, -0.2) is 9.18 Å². The Labute approximate surface area is 124 Å². The second-order valence-corrected chi connectivity index (χ2v) is 4.65. The second kappa shape index (κ2) is 7.31. The Hall–Kier alpha value is -1.53. The maximum Gasteiger partial charge on any atom is 0.328 e. The minimum atomic E-state index is -1.61. The van der Waals surface area contributed by atoms with Crippen molar-refractivity contribution in [2.75, 3.05) is 6.67 Å². The van der Waals surface area contributed by atoms with Crippen LogP contribution in [-0.4, -0.2) is 35.8 Å². The number of halogens is 3. The summed E-state index contributed by atoms with van der Waals surface area (Å²) in [6.45, 7) is 0.162. The van der Waals surface area contributed by atoms with Crippen LogP contribution in [0.3, 0.4) is 0 Å². The number of carbonyl (C=O) groups is 2. The first kappa shape index (κ1) is 16.5. The number of alkyl halides is 1. The van der Waals surface area contributed by atoms with Crippen LogP contribution in [0.25, 0.3) is 0 Å². The molecule has 1 aromatic rings. The van der Waals surface area contributed by atoms with E-state index in [4.69, 9.17) is 33.0 Å². The summed E-state index contributed by atoms with van der Waals surface area (Å²) >= 11 is 11.7. The van der Waals surface area contributed by atoms with Crippen LogP contribution < -0.4 is 10.1 Å². The third-order valence-electron chi connectivity index (χ3n) is 2.36. The van der Waals surface area contributed by atoms with Crippen LogP contribution in [0.15, 0.2) is 18.2 Å². The summed E-state index contributed by atoms with van der Waals surface area (Å²) in [6, 6.07) is 3.02. The Morgan fingerprint density at radius 3 is 2.65 bits per heavy atom. The van der Waals surface area contributed by atoms with Crippen molar-refractivity contribution in [1.29, 1.82) is 0 Å². The maximum absolute atomic E-state index is 12.4. The molecule has 0 saturated carbocycles. The van der Waals surface area contributed by atoms with Crippen molar-refractivity contribution in [3.8, 4) is 5.75 Å². The average molecular weight is 324 g/mol. The number of rotatable bonds is 6. The number of benzene rings is 1. The third-order valence-corrected chi connectivity index (χ3v) is 3.16. The molecule has 0 spiro atoms. The fourth-order valence-corrected chi connectivity index (χ4v) is 1.61.